The highest BCUT2D eigenvalue weighted by Gasteiger charge is 2.56. The minimum atomic E-state index is -3.12. The standard InChI is InChI=1S/C56H36B2OSi/c1-2-17-45(18-3-1)57-48-31-29-43(41-27-25-37-13-4-6-15-39(37)33-41)35-54(48)60(55-36-44(30-32-49(55)57)42-28-26-38-14-5-7-16-40(38)34-42)52-23-11-9-20-47(52)58-46-19-8-10-21-50(46)59-51-22-12-24-53(60)56(51)58/h1-36H. The van der Waals surface area contributed by atoms with Gasteiger partial charge < -0.3 is 4.74 Å². The van der Waals surface area contributed by atoms with Gasteiger partial charge in [0.1, 0.15) is 11.5 Å². The molecule has 0 aliphatic carbocycles. The van der Waals surface area contributed by atoms with E-state index in [0.717, 1.165) is 11.5 Å². The summed E-state index contributed by atoms with van der Waals surface area (Å²) in [6.45, 7) is 0.133. The van der Waals surface area contributed by atoms with E-state index < -0.39 is 8.07 Å². The van der Waals surface area contributed by atoms with Crippen molar-refractivity contribution in [2.75, 3.05) is 0 Å². The van der Waals surface area contributed by atoms with Gasteiger partial charge in [0, 0.05) is 0 Å². The third-order valence-corrected chi connectivity index (χ3v) is 18.7. The van der Waals surface area contributed by atoms with Gasteiger partial charge in [0.25, 0.3) is 6.71 Å². The second-order valence-electron chi connectivity index (χ2n) is 16.7. The second kappa shape index (κ2) is 12.9. The molecule has 60 heavy (non-hydrogen) atoms. The van der Waals surface area contributed by atoms with Crippen molar-refractivity contribution in [1.29, 1.82) is 0 Å². The summed E-state index contributed by atoms with van der Waals surface area (Å²) in [4.78, 5) is 0. The molecule has 0 aromatic heterocycles. The fourth-order valence-corrected chi connectivity index (χ4v) is 17.0. The van der Waals surface area contributed by atoms with Crippen LogP contribution >= 0.6 is 0 Å². The lowest BCUT2D eigenvalue weighted by Crippen LogP contribution is -2.93. The molecule has 0 bridgehead atoms. The van der Waals surface area contributed by atoms with Crippen molar-refractivity contribution in [1.82, 2.24) is 0 Å². The lowest BCUT2D eigenvalue weighted by Gasteiger charge is -2.49. The molecule has 0 atom stereocenters. The van der Waals surface area contributed by atoms with E-state index in [0.29, 0.717) is 0 Å². The maximum absolute atomic E-state index is 6.93. The molecule has 0 radical (unpaired) electrons. The van der Waals surface area contributed by atoms with E-state index in [4.69, 9.17) is 4.74 Å². The number of fused-ring (bicyclic) bond motifs is 12. The van der Waals surface area contributed by atoms with Gasteiger partial charge in [-0.15, -0.1) is 0 Å². The third-order valence-electron chi connectivity index (χ3n) is 13.7. The van der Waals surface area contributed by atoms with Crippen LogP contribution in [0.2, 0.25) is 0 Å². The van der Waals surface area contributed by atoms with Gasteiger partial charge in [-0.05, 0) is 99.7 Å². The summed E-state index contributed by atoms with van der Waals surface area (Å²) < 4.78 is 6.93. The summed E-state index contributed by atoms with van der Waals surface area (Å²) >= 11 is 0. The number of hydrogen-bond donors (Lipinski definition) is 0. The topological polar surface area (TPSA) is 9.23 Å². The first-order chi connectivity index (χ1) is 29.7. The first-order valence-corrected chi connectivity index (χ1v) is 23.1. The van der Waals surface area contributed by atoms with Crippen molar-refractivity contribution in [2.45, 2.75) is 0 Å². The Kier molecular flexibility index (Phi) is 7.29. The summed E-state index contributed by atoms with van der Waals surface area (Å²) in [7, 11) is -3.12. The van der Waals surface area contributed by atoms with Crippen molar-refractivity contribution in [3.8, 4) is 33.8 Å². The van der Waals surface area contributed by atoms with Gasteiger partial charge in [-0.25, -0.2) is 0 Å². The summed E-state index contributed by atoms with van der Waals surface area (Å²) in [6, 6.07) is 82.5. The summed E-state index contributed by atoms with van der Waals surface area (Å²) in [6.07, 6.45) is 0. The van der Waals surface area contributed by atoms with Crippen LogP contribution in [0.15, 0.2) is 218 Å². The highest BCUT2D eigenvalue weighted by Crippen LogP contribution is 2.31. The fourth-order valence-electron chi connectivity index (χ4n) is 11.2. The van der Waals surface area contributed by atoms with Crippen LogP contribution in [-0.4, -0.2) is 21.5 Å². The molecule has 3 aliphatic heterocycles. The number of benzene rings is 10. The van der Waals surface area contributed by atoms with Gasteiger partial charge in [0.15, 0.2) is 8.07 Å². The maximum Gasteiger partial charge on any atom is 0.250 e. The van der Waals surface area contributed by atoms with E-state index in [9.17, 15) is 0 Å². The molecular formula is C56H36B2OSi. The van der Waals surface area contributed by atoms with Crippen LogP contribution < -0.4 is 58.3 Å². The van der Waals surface area contributed by atoms with Crippen LogP contribution in [0.4, 0.5) is 0 Å². The smallest absolute Gasteiger partial charge is 0.250 e. The molecule has 0 fully saturated rings. The van der Waals surface area contributed by atoms with Crippen LogP contribution in [0.5, 0.6) is 11.5 Å². The van der Waals surface area contributed by atoms with Gasteiger partial charge in [-0.3, -0.25) is 0 Å². The predicted molar refractivity (Wildman–Crippen MR) is 258 cm³/mol. The first kappa shape index (κ1) is 33.8. The molecular weight excluding hydrogens is 738 g/mol. The SMILES string of the molecule is c1ccc(B2c3ccc(-c4ccc5ccccc5c4)cc3[Si]3(c4cc(-c5ccc6ccccc6c5)ccc42)c2ccccc2B2c4ccccc4Oc4cccc3c42)cc1. The largest absolute Gasteiger partial charge is 0.458 e. The molecule has 13 rings (SSSR count). The molecule has 276 valence electrons. The number of hydrogen-bond acceptors (Lipinski definition) is 1. The van der Waals surface area contributed by atoms with Crippen molar-refractivity contribution < 1.29 is 4.74 Å². The van der Waals surface area contributed by atoms with Crippen molar-refractivity contribution in [2.24, 2.45) is 0 Å². The molecule has 0 N–H and O–H groups in total. The van der Waals surface area contributed by atoms with Gasteiger partial charge in [-0.1, -0.05) is 216 Å². The van der Waals surface area contributed by atoms with E-state index in [1.807, 2.05) is 0 Å². The zero-order chi connectivity index (χ0) is 39.4. The summed E-state index contributed by atoms with van der Waals surface area (Å²) in [5, 5.41) is 10.8. The summed E-state index contributed by atoms with van der Waals surface area (Å²) in [5.41, 5.74) is 13.0. The molecule has 0 saturated heterocycles. The van der Waals surface area contributed by atoms with E-state index in [2.05, 4.69) is 218 Å². The Labute approximate surface area is 351 Å². The number of para-hydroxylation sites is 1. The third kappa shape index (κ3) is 4.77. The minimum Gasteiger partial charge on any atom is -0.458 e. The number of rotatable bonds is 3. The minimum absolute atomic E-state index is 0.0621. The lowest BCUT2D eigenvalue weighted by atomic mass is 9.35. The van der Waals surface area contributed by atoms with Gasteiger partial charge >= 0.3 is 0 Å². The monoisotopic (exact) mass is 774 g/mol. The van der Waals surface area contributed by atoms with E-state index in [1.54, 1.807) is 0 Å². The molecule has 10 aromatic carbocycles. The molecule has 3 aliphatic rings. The molecule has 10 aromatic rings. The highest BCUT2D eigenvalue weighted by atomic mass is 28.3. The Morgan fingerprint density at radius 2 is 0.783 bits per heavy atom. The van der Waals surface area contributed by atoms with Crippen molar-refractivity contribution in [3.05, 3.63) is 218 Å². The van der Waals surface area contributed by atoms with E-state index in [1.165, 1.54) is 97.3 Å². The molecule has 1 spiro atoms. The summed E-state index contributed by atoms with van der Waals surface area (Å²) in [5.74, 6) is 1.92. The number of ether oxygens (including phenoxy) is 1. The van der Waals surface area contributed by atoms with Gasteiger partial charge in [0.05, 0.1) is 0 Å². The zero-order valence-electron chi connectivity index (χ0n) is 32.8. The van der Waals surface area contributed by atoms with Crippen molar-refractivity contribution in [3.63, 3.8) is 0 Å². The van der Waals surface area contributed by atoms with Crippen LogP contribution in [0.1, 0.15) is 0 Å². The van der Waals surface area contributed by atoms with Crippen LogP contribution in [0.3, 0.4) is 0 Å². The molecule has 3 heterocycles. The molecule has 0 amide bonds. The van der Waals surface area contributed by atoms with Crippen molar-refractivity contribution >= 4 is 96.6 Å². The van der Waals surface area contributed by atoms with E-state index in [-0.39, 0.29) is 13.4 Å². The average Bonchev–Trinajstić information content (AvgIpc) is 3.32. The predicted octanol–water partition coefficient (Wildman–Crippen LogP) is 6.47. The Hall–Kier alpha value is -7.13. The molecule has 0 saturated carbocycles. The Morgan fingerprint density at radius 3 is 1.45 bits per heavy atom. The zero-order valence-corrected chi connectivity index (χ0v) is 33.8. The molecule has 0 unspecified atom stereocenters. The fraction of sp³-hybridized carbons (Fsp3) is 0. The van der Waals surface area contributed by atoms with E-state index >= 15 is 0 Å². The van der Waals surface area contributed by atoms with Crippen LogP contribution in [-0.2, 0) is 0 Å². The maximum atomic E-state index is 6.93. The van der Waals surface area contributed by atoms with Gasteiger partial charge in [-0.2, -0.15) is 0 Å². The second-order valence-corrected chi connectivity index (χ2v) is 20.4. The Balaban J connectivity index is 1.18. The first-order valence-electron chi connectivity index (χ1n) is 21.1. The van der Waals surface area contributed by atoms with Crippen LogP contribution in [0.25, 0.3) is 43.8 Å². The Bertz CT molecular complexity index is 3260. The molecule has 4 heteroatoms. The van der Waals surface area contributed by atoms with Gasteiger partial charge in [0.2, 0.25) is 6.71 Å². The lowest BCUT2D eigenvalue weighted by molar-refractivity contribution is 0.488. The normalized spacial score (nSPS) is 13.9. The quantitative estimate of drug-likeness (QED) is 0.187. The Morgan fingerprint density at radius 1 is 0.300 bits per heavy atom. The molecule has 1 nitrogen and oxygen atoms in total. The van der Waals surface area contributed by atoms with Crippen LogP contribution in [0, 0.1) is 0 Å². The highest BCUT2D eigenvalue weighted by molar-refractivity contribution is 7.31. The average molecular weight is 775 g/mol.